The summed E-state index contributed by atoms with van der Waals surface area (Å²) in [4.78, 5) is 15.7. The van der Waals surface area contributed by atoms with Crippen LogP contribution in [0.3, 0.4) is 0 Å². The molecule has 0 atom stereocenters. The van der Waals surface area contributed by atoms with Crippen LogP contribution in [0.15, 0.2) is 194 Å². The van der Waals surface area contributed by atoms with Gasteiger partial charge >= 0.3 is 0 Å². The van der Waals surface area contributed by atoms with E-state index in [0.29, 0.717) is 17.5 Å². The first-order valence-electron chi connectivity index (χ1n) is 18.8. The lowest BCUT2D eigenvalue weighted by molar-refractivity contribution is 1.07. The van der Waals surface area contributed by atoms with Crippen LogP contribution in [-0.4, -0.2) is 19.5 Å². The molecule has 0 N–H and O–H groups in total. The van der Waals surface area contributed by atoms with Gasteiger partial charge in [0.05, 0.1) is 11.0 Å². The Morgan fingerprint density at radius 2 is 0.964 bits per heavy atom. The summed E-state index contributed by atoms with van der Waals surface area (Å²) >= 11 is 1.83. The van der Waals surface area contributed by atoms with Gasteiger partial charge in [0, 0.05) is 58.9 Å². The van der Waals surface area contributed by atoms with Gasteiger partial charge in [-0.05, 0) is 59.2 Å². The number of thiophene rings is 1. The second kappa shape index (κ2) is 13.3. The molecule has 0 saturated heterocycles. The van der Waals surface area contributed by atoms with Crippen LogP contribution in [0, 0.1) is 0 Å². The van der Waals surface area contributed by atoms with E-state index >= 15 is 0 Å². The highest BCUT2D eigenvalue weighted by molar-refractivity contribution is 7.26. The zero-order valence-electron chi connectivity index (χ0n) is 30.2. The largest absolute Gasteiger partial charge is 0.309 e. The summed E-state index contributed by atoms with van der Waals surface area (Å²) in [6.45, 7) is 0. The molecule has 5 heteroatoms. The Balaban J connectivity index is 1.14. The first-order chi connectivity index (χ1) is 27.8. The molecule has 0 bridgehead atoms. The molecule has 0 aliphatic carbocycles. The van der Waals surface area contributed by atoms with E-state index in [0.717, 1.165) is 38.8 Å². The zero-order chi connectivity index (χ0) is 37.0. The Bertz CT molecular complexity index is 3230. The van der Waals surface area contributed by atoms with Gasteiger partial charge in [0.2, 0.25) is 0 Å². The highest BCUT2D eigenvalue weighted by Gasteiger charge is 2.21. The Hall–Kier alpha value is -7.21. The van der Waals surface area contributed by atoms with Crippen LogP contribution in [0.1, 0.15) is 0 Å². The molecule has 0 amide bonds. The van der Waals surface area contributed by atoms with Gasteiger partial charge in [0.25, 0.3) is 0 Å². The predicted octanol–water partition coefficient (Wildman–Crippen LogP) is 13.7. The van der Waals surface area contributed by atoms with Crippen molar-refractivity contribution in [1.82, 2.24) is 19.5 Å². The van der Waals surface area contributed by atoms with E-state index in [1.54, 1.807) is 0 Å². The standard InChI is InChI=1S/C51H32N4S/c1-5-16-33(17-6-1)37-30-43(34-18-7-2-8-19-34)48-44(31-37)40-29-28-36(32-46(40)56-48)50-52-49(35-20-9-3-10-21-35)53-51(54-50)42-26-15-25-41-39-24-13-14-27-45(39)55(47(41)42)38-22-11-4-12-23-38/h1-32H. The predicted molar refractivity (Wildman–Crippen MR) is 234 cm³/mol. The maximum absolute atomic E-state index is 5.30. The fourth-order valence-corrected chi connectivity index (χ4v) is 9.29. The Morgan fingerprint density at radius 1 is 0.357 bits per heavy atom. The molecule has 0 unspecified atom stereocenters. The number of fused-ring (bicyclic) bond motifs is 6. The molecule has 3 aromatic heterocycles. The molecule has 0 saturated carbocycles. The Labute approximate surface area is 327 Å². The number of hydrogen-bond acceptors (Lipinski definition) is 4. The van der Waals surface area contributed by atoms with Gasteiger partial charge in [-0.25, -0.2) is 15.0 Å². The van der Waals surface area contributed by atoms with Gasteiger partial charge in [-0.15, -0.1) is 11.3 Å². The van der Waals surface area contributed by atoms with Crippen LogP contribution in [0.5, 0.6) is 0 Å². The number of benzene rings is 8. The molecule has 0 aliphatic rings. The van der Waals surface area contributed by atoms with Crippen molar-refractivity contribution in [3.05, 3.63) is 194 Å². The highest BCUT2D eigenvalue weighted by Crippen LogP contribution is 2.44. The quantitative estimate of drug-likeness (QED) is 0.171. The average molecular weight is 733 g/mol. The van der Waals surface area contributed by atoms with Gasteiger partial charge in [0.15, 0.2) is 17.5 Å². The van der Waals surface area contributed by atoms with Gasteiger partial charge in [-0.3, -0.25) is 0 Å². The van der Waals surface area contributed by atoms with Crippen molar-refractivity contribution in [1.29, 1.82) is 0 Å². The average Bonchev–Trinajstić information content (AvgIpc) is 3.83. The number of hydrogen-bond donors (Lipinski definition) is 0. The monoisotopic (exact) mass is 732 g/mol. The van der Waals surface area contributed by atoms with Crippen molar-refractivity contribution < 1.29 is 0 Å². The Kier molecular flexibility index (Phi) is 7.64. The molecule has 8 aromatic carbocycles. The fourth-order valence-electron chi connectivity index (χ4n) is 8.03. The SMILES string of the molecule is c1ccc(-c2cc(-c3ccccc3)c3sc4cc(-c5nc(-c6ccccc6)nc(-c6cccc7c8ccccc8n(-c8ccccc8)c67)n5)ccc4c3c2)cc1. The van der Waals surface area contributed by atoms with E-state index in [1.807, 2.05) is 29.5 Å². The molecular weight excluding hydrogens is 701 g/mol. The molecule has 3 heterocycles. The first kappa shape index (κ1) is 32.2. The van der Waals surface area contributed by atoms with Crippen LogP contribution < -0.4 is 0 Å². The van der Waals surface area contributed by atoms with Crippen molar-refractivity contribution in [2.75, 3.05) is 0 Å². The summed E-state index contributed by atoms with van der Waals surface area (Å²) in [5.74, 6) is 1.91. The first-order valence-corrected chi connectivity index (χ1v) is 19.6. The van der Waals surface area contributed by atoms with Crippen LogP contribution in [0.4, 0.5) is 0 Å². The maximum atomic E-state index is 5.30. The van der Waals surface area contributed by atoms with Gasteiger partial charge in [0.1, 0.15) is 0 Å². The highest BCUT2D eigenvalue weighted by atomic mass is 32.1. The van der Waals surface area contributed by atoms with E-state index in [2.05, 4.69) is 180 Å². The Morgan fingerprint density at radius 3 is 1.71 bits per heavy atom. The smallest absolute Gasteiger partial charge is 0.166 e. The van der Waals surface area contributed by atoms with E-state index < -0.39 is 0 Å². The minimum atomic E-state index is 0.634. The molecule has 0 fully saturated rings. The van der Waals surface area contributed by atoms with Gasteiger partial charge < -0.3 is 4.57 Å². The molecule has 262 valence electrons. The second-order valence-electron chi connectivity index (χ2n) is 14.0. The molecule has 11 rings (SSSR count). The van der Waals surface area contributed by atoms with Gasteiger partial charge in [-0.1, -0.05) is 152 Å². The summed E-state index contributed by atoms with van der Waals surface area (Å²) in [5.41, 5.74) is 11.0. The summed E-state index contributed by atoms with van der Waals surface area (Å²) in [7, 11) is 0. The van der Waals surface area contributed by atoms with E-state index in [4.69, 9.17) is 15.0 Å². The third-order valence-corrected chi connectivity index (χ3v) is 11.8. The summed E-state index contributed by atoms with van der Waals surface area (Å²) < 4.78 is 4.79. The number of aromatic nitrogens is 4. The van der Waals surface area contributed by atoms with E-state index in [9.17, 15) is 0 Å². The van der Waals surface area contributed by atoms with Crippen molar-refractivity contribution in [3.8, 4) is 62.1 Å². The van der Waals surface area contributed by atoms with Crippen LogP contribution >= 0.6 is 11.3 Å². The summed E-state index contributed by atoms with van der Waals surface area (Å²) in [5, 5.41) is 4.81. The molecule has 0 spiro atoms. The zero-order valence-corrected chi connectivity index (χ0v) is 31.0. The summed E-state index contributed by atoms with van der Waals surface area (Å²) in [6.07, 6.45) is 0. The number of rotatable bonds is 6. The van der Waals surface area contributed by atoms with Crippen LogP contribution in [-0.2, 0) is 0 Å². The second-order valence-corrected chi connectivity index (χ2v) is 15.1. The lowest BCUT2D eigenvalue weighted by Crippen LogP contribution is -2.02. The van der Waals surface area contributed by atoms with Gasteiger partial charge in [-0.2, -0.15) is 0 Å². The lowest BCUT2D eigenvalue weighted by atomic mass is 9.96. The number of para-hydroxylation sites is 3. The molecule has 56 heavy (non-hydrogen) atoms. The van der Waals surface area contributed by atoms with Crippen molar-refractivity contribution in [2.24, 2.45) is 0 Å². The third kappa shape index (κ3) is 5.40. The van der Waals surface area contributed by atoms with Crippen LogP contribution in [0.2, 0.25) is 0 Å². The molecular formula is C51H32N4S. The van der Waals surface area contributed by atoms with Crippen molar-refractivity contribution in [3.63, 3.8) is 0 Å². The molecule has 11 aromatic rings. The minimum Gasteiger partial charge on any atom is -0.309 e. The van der Waals surface area contributed by atoms with E-state index in [1.165, 1.54) is 47.8 Å². The third-order valence-electron chi connectivity index (χ3n) is 10.6. The number of nitrogens with zero attached hydrogens (tertiary/aromatic N) is 4. The lowest BCUT2D eigenvalue weighted by Gasteiger charge is -2.12. The van der Waals surface area contributed by atoms with Crippen LogP contribution in [0.25, 0.3) is 104 Å². The fraction of sp³-hybridized carbons (Fsp3) is 0. The minimum absolute atomic E-state index is 0.634. The maximum Gasteiger partial charge on any atom is 0.166 e. The molecule has 0 radical (unpaired) electrons. The van der Waals surface area contributed by atoms with Crippen molar-refractivity contribution >= 4 is 53.3 Å². The normalized spacial score (nSPS) is 11.6. The molecule has 0 aliphatic heterocycles. The topological polar surface area (TPSA) is 43.6 Å². The van der Waals surface area contributed by atoms with Crippen molar-refractivity contribution in [2.45, 2.75) is 0 Å². The molecule has 4 nitrogen and oxygen atoms in total. The van der Waals surface area contributed by atoms with E-state index in [-0.39, 0.29) is 0 Å². The summed E-state index contributed by atoms with van der Waals surface area (Å²) in [6, 6.07) is 68.5.